The third-order valence-electron chi connectivity index (χ3n) is 4.14. The first-order valence-corrected chi connectivity index (χ1v) is 7.77. The number of hydrogen-bond acceptors (Lipinski definition) is 2. The molecule has 25 heavy (non-hydrogen) atoms. The first-order chi connectivity index (χ1) is 12.1. The number of halogens is 1. The van der Waals surface area contributed by atoms with E-state index < -0.39 is 11.9 Å². The summed E-state index contributed by atoms with van der Waals surface area (Å²) in [7, 11) is 0. The highest BCUT2D eigenvalue weighted by atomic mass is 19.1. The van der Waals surface area contributed by atoms with E-state index in [0.717, 1.165) is 16.5 Å². The van der Waals surface area contributed by atoms with Crippen LogP contribution in [0.15, 0.2) is 60.4 Å². The molecule has 5 nitrogen and oxygen atoms in total. The lowest BCUT2D eigenvalue weighted by Crippen LogP contribution is -2.22. The lowest BCUT2D eigenvalue weighted by Gasteiger charge is -2.06. The molecule has 0 spiro atoms. The lowest BCUT2D eigenvalue weighted by atomic mass is 10.1. The van der Waals surface area contributed by atoms with Crippen molar-refractivity contribution in [2.45, 2.75) is 6.54 Å². The van der Waals surface area contributed by atoms with Crippen molar-refractivity contribution >= 4 is 28.9 Å². The molecule has 2 heterocycles. The number of para-hydroxylation sites is 1. The van der Waals surface area contributed by atoms with Gasteiger partial charge in [0.1, 0.15) is 11.5 Å². The molecular formula is C19H14FN3O2. The largest absolute Gasteiger partial charge is 0.342 e. The molecule has 1 saturated heterocycles. The average Bonchev–Trinajstić information content (AvgIpc) is 3.10. The van der Waals surface area contributed by atoms with Crippen LogP contribution in [-0.2, 0) is 11.3 Å². The Morgan fingerprint density at radius 2 is 1.76 bits per heavy atom. The van der Waals surface area contributed by atoms with Crippen molar-refractivity contribution in [3.05, 3.63) is 77.4 Å². The SMILES string of the molecule is O=C1NC(=O)C(=Cc2cn(Cc3ccccc3F)c3ccccc23)N1. The Hall–Kier alpha value is -3.41. The number of fused-ring (bicyclic) bond motifs is 1. The average molecular weight is 335 g/mol. The van der Waals surface area contributed by atoms with Crippen LogP contribution in [0.4, 0.5) is 9.18 Å². The van der Waals surface area contributed by atoms with Gasteiger partial charge < -0.3 is 9.88 Å². The number of rotatable bonds is 3. The van der Waals surface area contributed by atoms with Gasteiger partial charge in [-0.3, -0.25) is 10.1 Å². The molecule has 0 bridgehead atoms. The minimum Gasteiger partial charge on any atom is -0.342 e. The molecule has 0 unspecified atom stereocenters. The van der Waals surface area contributed by atoms with Crippen molar-refractivity contribution in [2.75, 3.05) is 0 Å². The van der Waals surface area contributed by atoms with Gasteiger partial charge in [-0.15, -0.1) is 0 Å². The minimum atomic E-state index is -0.536. The van der Waals surface area contributed by atoms with Gasteiger partial charge in [-0.25, -0.2) is 9.18 Å². The summed E-state index contributed by atoms with van der Waals surface area (Å²) in [6.45, 7) is 0.370. The number of aromatic nitrogens is 1. The maximum Gasteiger partial charge on any atom is 0.326 e. The van der Waals surface area contributed by atoms with Gasteiger partial charge in [0.25, 0.3) is 5.91 Å². The zero-order chi connectivity index (χ0) is 17.4. The molecule has 3 amide bonds. The van der Waals surface area contributed by atoms with Crippen LogP contribution < -0.4 is 10.6 Å². The number of nitrogens with zero attached hydrogens (tertiary/aromatic N) is 1. The molecule has 6 heteroatoms. The van der Waals surface area contributed by atoms with E-state index in [-0.39, 0.29) is 11.5 Å². The number of hydrogen-bond donors (Lipinski definition) is 2. The quantitative estimate of drug-likeness (QED) is 0.571. The molecule has 0 atom stereocenters. The first kappa shape index (κ1) is 15.1. The van der Waals surface area contributed by atoms with E-state index in [0.29, 0.717) is 12.1 Å². The van der Waals surface area contributed by atoms with Gasteiger partial charge in [0.05, 0.1) is 6.54 Å². The van der Waals surface area contributed by atoms with E-state index in [9.17, 15) is 14.0 Å². The van der Waals surface area contributed by atoms with Crippen molar-refractivity contribution < 1.29 is 14.0 Å². The molecule has 0 saturated carbocycles. The Kier molecular flexibility index (Phi) is 3.57. The molecule has 0 aliphatic carbocycles. The summed E-state index contributed by atoms with van der Waals surface area (Å²) >= 11 is 0. The smallest absolute Gasteiger partial charge is 0.326 e. The Morgan fingerprint density at radius 3 is 2.52 bits per heavy atom. The van der Waals surface area contributed by atoms with Gasteiger partial charge in [0.15, 0.2) is 0 Å². The molecule has 4 rings (SSSR count). The fraction of sp³-hybridized carbons (Fsp3) is 0.0526. The maximum absolute atomic E-state index is 14.0. The van der Waals surface area contributed by atoms with Crippen LogP contribution in [-0.4, -0.2) is 16.5 Å². The molecule has 1 aromatic heterocycles. The van der Waals surface area contributed by atoms with Gasteiger partial charge in [-0.05, 0) is 18.2 Å². The molecule has 1 aliphatic rings. The van der Waals surface area contributed by atoms with Crippen LogP contribution in [0, 0.1) is 5.82 Å². The summed E-state index contributed by atoms with van der Waals surface area (Å²) in [5.41, 5.74) is 2.47. The number of benzene rings is 2. The first-order valence-electron chi connectivity index (χ1n) is 7.77. The lowest BCUT2D eigenvalue weighted by molar-refractivity contribution is -0.115. The second kappa shape index (κ2) is 5.90. The predicted octanol–water partition coefficient (Wildman–Crippen LogP) is 3.01. The van der Waals surface area contributed by atoms with E-state index in [2.05, 4.69) is 10.6 Å². The normalized spacial score (nSPS) is 15.6. The fourth-order valence-corrected chi connectivity index (χ4v) is 2.97. The Balaban J connectivity index is 1.79. The number of carbonyl (C=O) groups is 2. The Bertz CT molecular complexity index is 1040. The monoisotopic (exact) mass is 335 g/mol. The standard InChI is InChI=1S/C19H14FN3O2/c20-15-7-3-1-5-12(15)10-23-11-13(14-6-2-4-8-17(14)23)9-16-18(24)22-19(25)21-16/h1-9,11H,10H2,(H2,21,22,24,25). The van der Waals surface area contributed by atoms with Crippen molar-refractivity contribution in [1.82, 2.24) is 15.2 Å². The highest BCUT2D eigenvalue weighted by Crippen LogP contribution is 2.25. The van der Waals surface area contributed by atoms with Crippen LogP contribution in [0.2, 0.25) is 0 Å². The maximum atomic E-state index is 14.0. The topological polar surface area (TPSA) is 63.1 Å². The number of carbonyl (C=O) groups excluding carboxylic acids is 2. The third kappa shape index (κ3) is 2.78. The second-order valence-corrected chi connectivity index (χ2v) is 5.79. The van der Waals surface area contributed by atoms with E-state index in [1.165, 1.54) is 6.07 Å². The molecule has 1 aliphatic heterocycles. The van der Waals surface area contributed by atoms with E-state index in [1.807, 2.05) is 35.0 Å². The number of urea groups is 1. The van der Waals surface area contributed by atoms with E-state index in [1.54, 1.807) is 24.3 Å². The fourth-order valence-electron chi connectivity index (χ4n) is 2.97. The molecule has 3 aromatic rings. The van der Waals surface area contributed by atoms with Gasteiger partial charge in [0.2, 0.25) is 0 Å². The number of nitrogens with one attached hydrogen (secondary N) is 2. The molecular weight excluding hydrogens is 321 g/mol. The Labute approximate surface area is 142 Å². The van der Waals surface area contributed by atoms with E-state index >= 15 is 0 Å². The van der Waals surface area contributed by atoms with Crippen molar-refractivity contribution in [2.24, 2.45) is 0 Å². The van der Waals surface area contributed by atoms with Crippen molar-refractivity contribution in [3.8, 4) is 0 Å². The van der Waals surface area contributed by atoms with Crippen LogP contribution >= 0.6 is 0 Å². The van der Waals surface area contributed by atoms with Crippen molar-refractivity contribution in [3.63, 3.8) is 0 Å². The van der Waals surface area contributed by atoms with Crippen LogP contribution in [0.5, 0.6) is 0 Å². The van der Waals surface area contributed by atoms with Crippen LogP contribution in [0.3, 0.4) is 0 Å². The van der Waals surface area contributed by atoms with Gasteiger partial charge in [-0.2, -0.15) is 0 Å². The molecule has 2 aromatic carbocycles. The molecule has 0 radical (unpaired) electrons. The summed E-state index contributed by atoms with van der Waals surface area (Å²) in [6, 6.07) is 13.8. The summed E-state index contributed by atoms with van der Waals surface area (Å²) in [6.07, 6.45) is 3.47. The van der Waals surface area contributed by atoms with Gasteiger partial charge in [0, 0.05) is 28.2 Å². The molecule has 1 fully saturated rings. The summed E-state index contributed by atoms with van der Waals surface area (Å²) in [5.74, 6) is -0.724. The molecule has 2 N–H and O–H groups in total. The second-order valence-electron chi connectivity index (χ2n) is 5.79. The highest BCUT2D eigenvalue weighted by molar-refractivity contribution is 6.14. The zero-order valence-corrected chi connectivity index (χ0v) is 13.1. The third-order valence-corrected chi connectivity index (χ3v) is 4.14. The number of amides is 3. The minimum absolute atomic E-state index is 0.193. The predicted molar refractivity (Wildman–Crippen MR) is 92.1 cm³/mol. The zero-order valence-electron chi connectivity index (χ0n) is 13.1. The summed E-state index contributed by atoms with van der Waals surface area (Å²) in [5, 5.41) is 5.57. The van der Waals surface area contributed by atoms with Crippen LogP contribution in [0.1, 0.15) is 11.1 Å². The van der Waals surface area contributed by atoms with Gasteiger partial charge in [-0.1, -0.05) is 36.4 Å². The van der Waals surface area contributed by atoms with Crippen molar-refractivity contribution in [1.29, 1.82) is 0 Å². The van der Waals surface area contributed by atoms with Crippen LogP contribution in [0.25, 0.3) is 17.0 Å². The van der Waals surface area contributed by atoms with E-state index in [4.69, 9.17) is 0 Å². The highest BCUT2D eigenvalue weighted by Gasteiger charge is 2.23. The summed E-state index contributed by atoms with van der Waals surface area (Å²) < 4.78 is 15.9. The van der Waals surface area contributed by atoms with Gasteiger partial charge >= 0.3 is 6.03 Å². The number of imide groups is 1. The Morgan fingerprint density at radius 1 is 1.00 bits per heavy atom. The molecule has 124 valence electrons. The summed E-state index contributed by atoms with van der Waals surface area (Å²) in [4.78, 5) is 23.0.